The number of methoxy groups -OCH3 is 1. The zero-order chi connectivity index (χ0) is 25.0. The molecule has 6 rings (SSSR count). The number of rotatable bonds is 6. The number of aromatic carboxylic acids is 1. The third-order valence-electron chi connectivity index (χ3n) is 7.67. The van der Waals surface area contributed by atoms with Gasteiger partial charge in [-0.05, 0) is 80.7 Å². The van der Waals surface area contributed by atoms with Crippen molar-refractivity contribution >= 4 is 34.1 Å². The molecular formula is C27H29N3O5S. The van der Waals surface area contributed by atoms with Crippen LogP contribution < -0.4 is 20.8 Å². The van der Waals surface area contributed by atoms with E-state index in [2.05, 4.69) is 21.7 Å². The van der Waals surface area contributed by atoms with Gasteiger partial charge in [0.05, 0.1) is 30.1 Å². The number of fused-ring (bicyclic) bond motifs is 2. The Kier molecular flexibility index (Phi) is 5.84. The van der Waals surface area contributed by atoms with Crippen LogP contribution in [0.1, 0.15) is 76.8 Å². The lowest BCUT2D eigenvalue weighted by atomic mass is 9.91. The van der Waals surface area contributed by atoms with Crippen LogP contribution in [0, 0.1) is 0 Å². The lowest BCUT2D eigenvalue weighted by Gasteiger charge is -2.25. The minimum atomic E-state index is -1.25. The largest absolute Gasteiger partial charge is 0.494 e. The summed E-state index contributed by atoms with van der Waals surface area (Å²) in [6.07, 6.45) is 8.11. The Labute approximate surface area is 212 Å². The normalized spacial score (nSPS) is 21.4. The summed E-state index contributed by atoms with van der Waals surface area (Å²) < 4.78 is 5.89. The zero-order valence-corrected chi connectivity index (χ0v) is 20.9. The van der Waals surface area contributed by atoms with Gasteiger partial charge in [0.15, 0.2) is 5.75 Å². The van der Waals surface area contributed by atoms with Crippen LogP contribution in [0.15, 0.2) is 23.1 Å². The van der Waals surface area contributed by atoms with Crippen molar-refractivity contribution in [2.75, 3.05) is 13.7 Å². The predicted molar refractivity (Wildman–Crippen MR) is 138 cm³/mol. The number of nitrogens with one attached hydrogen (secondary N) is 3. The molecule has 36 heavy (non-hydrogen) atoms. The maximum atomic E-state index is 13.0. The number of carbonyl (C=O) groups is 2. The van der Waals surface area contributed by atoms with E-state index in [1.165, 1.54) is 16.6 Å². The van der Waals surface area contributed by atoms with Crippen LogP contribution >= 0.6 is 11.3 Å². The fraction of sp³-hybridized carbons (Fsp3) is 0.444. The average molecular weight is 508 g/mol. The molecule has 0 radical (unpaired) electrons. The third kappa shape index (κ3) is 3.90. The highest BCUT2D eigenvalue weighted by molar-refractivity contribution is 7.15. The number of amides is 1. The Morgan fingerprint density at radius 2 is 1.97 bits per heavy atom. The van der Waals surface area contributed by atoms with E-state index in [1.807, 2.05) is 6.07 Å². The first-order chi connectivity index (χ1) is 17.5. The molecule has 1 saturated heterocycles. The Morgan fingerprint density at radius 3 is 2.67 bits per heavy atom. The Balaban J connectivity index is 1.46. The van der Waals surface area contributed by atoms with Crippen LogP contribution in [-0.2, 0) is 11.2 Å². The molecule has 1 aromatic carbocycles. The van der Waals surface area contributed by atoms with Crippen LogP contribution in [0.4, 0.5) is 0 Å². The summed E-state index contributed by atoms with van der Waals surface area (Å²) in [6, 6.07) is 3.93. The number of pyridine rings is 1. The fourth-order valence-corrected chi connectivity index (χ4v) is 7.03. The number of ether oxygens (including phenoxy) is 1. The molecule has 3 heterocycles. The van der Waals surface area contributed by atoms with E-state index in [-0.39, 0.29) is 23.6 Å². The molecule has 1 amide bonds. The molecule has 1 saturated carbocycles. The van der Waals surface area contributed by atoms with Gasteiger partial charge in [-0.15, -0.1) is 11.3 Å². The topological polar surface area (TPSA) is 121 Å². The van der Waals surface area contributed by atoms with Crippen molar-refractivity contribution in [2.45, 2.75) is 62.9 Å². The van der Waals surface area contributed by atoms with Gasteiger partial charge in [-0.2, -0.15) is 0 Å². The van der Waals surface area contributed by atoms with E-state index in [1.54, 1.807) is 18.4 Å². The number of H-pyrrole nitrogens is 1. The smallest absolute Gasteiger partial charge is 0.341 e. The Hall–Kier alpha value is -3.17. The summed E-state index contributed by atoms with van der Waals surface area (Å²) in [6.45, 7) is 0.887. The number of hydrogen-bond donors (Lipinski definition) is 4. The molecule has 1 unspecified atom stereocenters. The lowest BCUT2D eigenvalue weighted by Crippen LogP contribution is -2.42. The molecule has 1 aliphatic heterocycles. The Bertz CT molecular complexity index is 1430. The SMILES string of the molecule is COc1c(-c2cc3c(s2)CCCC3NC(=O)[C@H]2CCCN2)c(C2CC2)cc2c(=O)c(C(=O)O)c[nH]c12. The van der Waals surface area contributed by atoms with Gasteiger partial charge in [-0.25, -0.2) is 4.79 Å². The maximum Gasteiger partial charge on any atom is 0.341 e. The summed E-state index contributed by atoms with van der Waals surface area (Å²) in [5.41, 5.74) is 2.90. The number of aryl methyl sites for hydroxylation is 1. The monoisotopic (exact) mass is 507 g/mol. The van der Waals surface area contributed by atoms with Gasteiger partial charge in [-0.1, -0.05) is 0 Å². The number of benzene rings is 1. The van der Waals surface area contributed by atoms with Crippen molar-refractivity contribution in [3.05, 3.63) is 50.1 Å². The van der Waals surface area contributed by atoms with Crippen LogP contribution in [0.2, 0.25) is 0 Å². The molecule has 0 spiro atoms. The standard InChI is InChI=1S/C27H29N3O5S/c1-35-25-22(14(13-7-8-13)10-16-23(25)29-12-17(24(16)31)27(33)34)21-11-15-18(4-2-6-20(15)36-21)30-26(32)19-5-3-9-28-19/h10-13,18-19,28H,2-9H2,1H3,(H,29,31)(H,30,32)(H,33,34)/t18?,19-/m1/s1. The zero-order valence-electron chi connectivity index (χ0n) is 20.1. The van der Waals surface area contributed by atoms with Crippen molar-refractivity contribution in [2.24, 2.45) is 0 Å². The second kappa shape index (κ2) is 9.05. The van der Waals surface area contributed by atoms with Crippen LogP contribution in [-0.4, -0.2) is 41.7 Å². The van der Waals surface area contributed by atoms with Crippen molar-refractivity contribution in [3.8, 4) is 16.2 Å². The van der Waals surface area contributed by atoms with E-state index < -0.39 is 11.4 Å². The number of aromatic nitrogens is 1. The highest BCUT2D eigenvalue weighted by Crippen LogP contribution is 2.52. The van der Waals surface area contributed by atoms with E-state index in [0.29, 0.717) is 22.6 Å². The van der Waals surface area contributed by atoms with Crippen molar-refractivity contribution in [1.82, 2.24) is 15.6 Å². The molecule has 188 valence electrons. The highest BCUT2D eigenvalue weighted by Gasteiger charge is 2.33. The number of hydrogen-bond acceptors (Lipinski definition) is 6. The maximum absolute atomic E-state index is 13.0. The molecule has 8 nitrogen and oxygen atoms in total. The number of aromatic amines is 1. The first kappa shape index (κ1) is 23.2. The number of carbonyl (C=O) groups excluding carboxylic acids is 1. The van der Waals surface area contributed by atoms with Crippen LogP contribution in [0.25, 0.3) is 21.3 Å². The minimum Gasteiger partial charge on any atom is -0.494 e. The van der Waals surface area contributed by atoms with Gasteiger partial charge >= 0.3 is 5.97 Å². The van der Waals surface area contributed by atoms with Crippen LogP contribution in [0.5, 0.6) is 5.75 Å². The van der Waals surface area contributed by atoms with Crippen LogP contribution in [0.3, 0.4) is 0 Å². The molecule has 2 aromatic heterocycles. The minimum absolute atomic E-state index is 0.0117. The summed E-state index contributed by atoms with van der Waals surface area (Å²) in [5, 5.41) is 16.4. The molecule has 2 aliphatic carbocycles. The van der Waals surface area contributed by atoms with Crippen molar-refractivity contribution in [3.63, 3.8) is 0 Å². The van der Waals surface area contributed by atoms with Gasteiger partial charge in [0.25, 0.3) is 0 Å². The molecule has 2 atom stereocenters. The molecule has 0 bridgehead atoms. The van der Waals surface area contributed by atoms with E-state index in [0.717, 1.165) is 67.5 Å². The molecule has 3 aromatic rings. The van der Waals surface area contributed by atoms with Crippen molar-refractivity contribution in [1.29, 1.82) is 0 Å². The van der Waals surface area contributed by atoms with E-state index >= 15 is 0 Å². The summed E-state index contributed by atoms with van der Waals surface area (Å²) in [4.78, 5) is 42.8. The average Bonchev–Trinajstić information content (AvgIpc) is 3.37. The number of carboxylic acids is 1. The Morgan fingerprint density at radius 1 is 1.14 bits per heavy atom. The predicted octanol–water partition coefficient (Wildman–Crippen LogP) is 4.09. The number of thiophene rings is 1. The first-order valence-corrected chi connectivity index (χ1v) is 13.4. The van der Waals surface area contributed by atoms with Gasteiger partial charge < -0.3 is 25.5 Å². The first-order valence-electron chi connectivity index (χ1n) is 12.6. The third-order valence-corrected chi connectivity index (χ3v) is 8.90. The van der Waals surface area contributed by atoms with E-state index in [9.17, 15) is 19.5 Å². The quantitative estimate of drug-likeness (QED) is 0.399. The summed E-state index contributed by atoms with van der Waals surface area (Å²) in [5.74, 6) is -0.292. The molecule has 2 fully saturated rings. The van der Waals surface area contributed by atoms with Gasteiger partial charge in [0.2, 0.25) is 11.3 Å². The van der Waals surface area contributed by atoms with Gasteiger partial charge in [0.1, 0.15) is 5.56 Å². The lowest BCUT2D eigenvalue weighted by molar-refractivity contribution is -0.123. The highest BCUT2D eigenvalue weighted by atomic mass is 32.1. The fourth-order valence-electron chi connectivity index (χ4n) is 5.70. The van der Waals surface area contributed by atoms with Gasteiger partial charge in [0, 0.05) is 21.5 Å². The summed E-state index contributed by atoms with van der Waals surface area (Å²) >= 11 is 1.73. The summed E-state index contributed by atoms with van der Waals surface area (Å²) in [7, 11) is 1.59. The second-order valence-electron chi connectivity index (χ2n) is 10.00. The molecular weight excluding hydrogens is 478 g/mol. The van der Waals surface area contributed by atoms with E-state index in [4.69, 9.17) is 4.74 Å². The number of carboxylic acid groups (broad SMARTS) is 1. The molecule has 3 aliphatic rings. The second-order valence-corrected chi connectivity index (χ2v) is 11.1. The van der Waals surface area contributed by atoms with Crippen molar-refractivity contribution < 1.29 is 19.4 Å². The molecule has 4 N–H and O–H groups in total. The van der Waals surface area contributed by atoms with Gasteiger partial charge in [-0.3, -0.25) is 9.59 Å². The molecule has 9 heteroatoms.